The van der Waals surface area contributed by atoms with E-state index < -0.39 is 26.7 Å². The fourth-order valence-corrected chi connectivity index (χ4v) is 4.17. The van der Waals surface area contributed by atoms with Crippen LogP contribution in [-0.4, -0.2) is 13.3 Å². The molecule has 0 aliphatic heterocycles. The summed E-state index contributed by atoms with van der Waals surface area (Å²) in [6.45, 7) is 1.94. The van der Waals surface area contributed by atoms with Crippen molar-refractivity contribution in [3.8, 4) is 0 Å². The highest BCUT2D eigenvalue weighted by Crippen LogP contribution is 2.28. The number of nitrogens with zero attached hydrogens (tertiary/aromatic N) is 1. The van der Waals surface area contributed by atoms with Crippen LogP contribution in [0.1, 0.15) is 22.7 Å². The van der Waals surface area contributed by atoms with Gasteiger partial charge in [0.05, 0.1) is 11.0 Å². The summed E-state index contributed by atoms with van der Waals surface area (Å²) in [4.78, 5) is 10.2. The molecule has 0 bridgehead atoms. The monoisotopic (exact) mass is 382 g/mol. The number of aryl methyl sites for hydroxylation is 1. The highest BCUT2D eigenvalue weighted by molar-refractivity contribution is 7.89. The van der Waals surface area contributed by atoms with Crippen LogP contribution in [0.4, 0.5) is 5.69 Å². The molecule has 0 aliphatic rings. The van der Waals surface area contributed by atoms with Gasteiger partial charge >= 0.3 is 0 Å². The predicted octanol–water partition coefficient (Wildman–Crippen LogP) is 3.97. The minimum Gasteiger partial charge on any atom is -0.258 e. The third kappa shape index (κ3) is 4.21. The molecule has 6 nitrogen and oxygen atoms in total. The van der Waals surface area contributed by atoms with Crippen LogP contribution >= 0.6 is 0 Å². The fourth-order valence-electron chi connectivity index (χ4n) is 2.79. The van der Waals surface area contributed by atoms with Gasteiger partial charge in [-0.2, -0.15) is 4.72 Å². The van der Waals surface area contributed by atoms with Gasteiger partial charge in [0.1, 0.15) is 0 Å². The maximum absolute atomic E-state index is 13.0. The van der Waals surface area contributed by atoms with Crippen LogP contribution in [0, 0.1) is 17.0 Å². The number of nitrogens with one attached hydrogen (secondary N) is 1. The van der Waals surface area contributed by atoms with Crippen molar-refractivity contribution >= 4 is 15.7 Å². The molecule has 7 heteroatoms. The number of hydrogen-bond acceptors (Lipinski definition) is 4. The molecule has 3 aromatic carbocycles. The molecule has 27 heavy (non-hydrogen) atoms. The van der Waals surface area contributed by atoms with Crippen LogP contribution in [0.25, 0.3) is 0 Å². The topological polar surface area (TPSA) is 89.3 Å². The van der Waals surface area contributed by atoms with Gasteiger partial charge in [-0.1, -0.05) is 72.3 Å². The standard InChI is InChI=1S/C20H18N2O4S/c1-15-11-13-17(14-12-15)20(16-7-3-2-4-8-16)21-27(25,26)19-10-6-5-9-18(19)22(23)24/h2-14,20-21H,1H3/t20-/m1/s1. The van der Waals surface area contributed by atoms with Gasteiger partial charge in [0.25, 0.3) is 5.69 Å². The average molecular weight is 382 g/mol. The number of para-hydroxylation sites is 1. The van der Waals surface area contributed by atoms with Gasteiger partial charge < -0.3 is 0 Å². The van der Waals surface area contributed by atoms with E-state index in [0.717, 1.165) is 16.7 Å². The molecule has 0 saturated carbocycles. The van der Waals surface area contributed by atoms with E-state index in [2.05, 4.69) is 4.72 Å². The first-order valence-corrected chi connectivity index (χ1v) is 9.74. The van der Waals surface area contributed by atoms with Crippen molar-refractivity contribution in [2.24, 2.45) is 0 Å². The second kappa shape index (κ2) is 7.69. The van der Waals surface area contributed by atoms with Crippen LogP contribution < -0.4 is 4.72 Å². The number of nitro groups is 1. The van der Waals surface area contributed by atoms with Crippen molar-refractivity contribution in [1.82, 2.24) is 4.72 Å². The molecule has 0 aromatic heterocycles. The lowest BCUT2D eigenvalue weighted by Gasteiger charge is -2.20. The third-order valence-electron chi connectivity index (χ3n) is 4.17. The Kier molecular flexibility index (Phi) is 5.34. The van der Waals surface area contributed by atoms with Gasteiger partial charge in [-0.3, -0.25) is 10.1 Å². The summed E-state index contributed by atoms with van der Waals surface area (Å²) >= 11 is 0. The van der Waals surface area contributed by atoms with Crippen molar-refractivity contribution in [1.29, 1.82) is 0 Å². The zero-order valence-electron chi connectivity index (χ0n) is 14.6. The Labute approximate surface area is 157 Å². The molecule has 0 fully saturated rings. The minimum atomic E-state index is -4.13. The van der Waals surface area contributed by atoms with E-state index in [9.17, 15) is 18.5 Å². The van der Waals surface area contributed by atoms with E-state index in [1.54, 1.807) is 0 Å². The first-order valence-electron chi connectivity index (χ1n) is 8.26. The molecule has 3 aromatic rings. The molecule has 0 aliphatic carbocycles. The first-order chi connectivity index (χ1) is 12.9. The number of nitro benzene ring substituents is 1. The quantitative estimate of drug-likeness (QED) is 0.516. The van der Waals surface area contributed by atoms with Crippen molar-refractivity contribution in [3.05, 3.63) is 106 Å². The maximum atomic E-state index is 13.0. The summed E-state index contributed by atoms with van der Waals surface area (Å²) in [6.07, 6.45) is 0. The third-order valence-corrected chi connectivity index (χ3v) is 5.64. The van der Waals surface area contributed by atoms with E-state index in [-0.39, 0.29) is 4.90 Å². The Bertz CT molecular complexity index is 1050. The normalized spacial score (nSPS) is 12.5. The lowest BCUT2D eigenvalue weighted by atomic mass is 9.99. The first kappa shape index (κ1) is 18.8. The molecule has 0 amide bonds. The summed E-state index contributed by atoms with van der Waals surface area (Å²) in [6, 6.07) is 21.2. The zero-order chi connectivity index (χ0) is 19.4. The van der Waals surface area contributed by atoms with Crippen molar-refractivity contribution in [2.45, 2.75) is 17.9 Å². The molecule has 3 rings (SSSR count). The smallest absolute Gasteiger partial charge is 0.258 e. The van der Waals surface area contributed by atoms with Crippen molar-refractivity contribution < 1.29 is 13.3 Å². The molecular formula is C20H18N2O4S. The van der Waals surface area contributed by atoms with Crippen LogP contribution in [0.2, 0.25) is 0 Å². The Morgan fingerprint density at radius 1 is 0.852 bits per heavy atom. The molecule has 1 N–H and O–H groups in total. The van der Waals surface area contributed by atoms with E-state index in [0.29, 0.717) is 0 Å². The molecule has 0 radical (unpaired) electrons. The second-order valence-corrected chi connectivity index (χ2v) is 7.78. The van der Waals surface area contributed by atoms with E-state index in [1.165, 1.54) is 24.3 Å². The molecule has 0 unspecified atom stereocenters. The largest absolute Gasteiger partial charge is 0.289 e. The van der Waals surface area contributed by atoms with E-state index >= 15 is 0 Å². The maximum Gasteiger partial charge on any atom is 0.289 e. The van der Waals surface area contributed by atoms with Crippen molar-refractivity contribution in [2.75, 3.05) is 0 Å². The number of benzene rings is 3. The lowest BCUT2D eigenvalue weighted by Crippen LogP contribution is -2.30. The Balaban J connectivity index is 2.07. The Morgan fingerprint density at radius 3 is 2.04 bits per heavy atom. The molecule has 0 saturated heterocycles. The van der Waals surface area contributed by atoms with Crippen LogP contribution in [0.5, 0.6) is 0 Å². The van der Waals surface area contributed by atoms with Crippen molar-refractivity contribution in [3.63, 3.8) is 0 Å². The van der Waals surface area contributed by atoms with Crippen LogP contribution in [-0.2, 0) is 10.0 Å². The highest BCUT2D eigenvalue weighted by Gasteiger charge is 2.29. The van der Waals surface area contributed by atoms with E-state index in [4.69, 9.17) is 0 Å². The van der Waals surface area contributed by atoms with Gasteiger partial charge in [0, 0.05) is 6.07 Å². The Hall–Kier alpha value is -3.03. The summed E-state index contributed by atoms with van der Waals surface area (Å²) in [5.41, 5.74) is 2.07. The molecular weight excluding hydrogens is 364 g/mol. The number of sulfonamides is 1. The summed E-state index contributed by atoms with van der Waals surface area (Å²) < 4.78 is 28.6. The summed E-state index contributed by atoms with van der Waals surface area (Å²) in [5, 5.41) is 11.2. The van der Waals surface area contributed by atoms with Crippen LogP contribution in [0.3, 0.4) is 0 Å². The number of rotatable bonds is 6. The second-order valence-electron chi connectivity index (χ2n) is 6.10. The van der Waals surface area contributed by atoms with Gasteiger partial charge in [0.15, 0.2) is 4.90 Å². The van der Waals surface area contributed by atoms with Gasteiger partial charge in [-0.25, -0.2) is 8.42 Å². The van der Waals surface area contributed by atoms with E-state index in [1.807, 2.05) is 61.5 Å². The zero-order valence-corrected chi connectivity index (χ0v) is 15.4. The average Bonchev–Trinajstić information content (AvgIpc) is 2.67. The molecule has 0 heterocycles. The minimum absolute atomic E-state index is 0.358. The molecule has 1 atom stereocenters. The highest BCUT2D eigenvalue weighted by atomic mass is 32.2. The molecule has 138 valence electrons. The SMILES string of the molecule is Cc1ccc([C@H](NS(=O)(=O)c2ccccc2[N+](=O)[O-])c2ccccc2)cc1. The van der Waals surface area contributed by atoms with Gasteiger partial charge in [-0.15, -0.1) is 0 Å². The number of hydrogen-bond donors (Lipinski definition) is 1. The lowest BCUT2D eigenvalue weighted by molar-refractivity contribution is -0.387. The summed E-state index contributed by atoms with van der Waals surface area (Å²) in [7, 11) is -4.13. The Morgan fingerprint density at radius 2 is 1.41 bits per heavy atom. The summed E-state index contributed by atoms with van der Waals surface area (Å²) in [5.74, 6) is 0. The predicted molar refractivity (Wildman–Crippen MR) is 103 cm³/mol. The fraction of sp³-hybridized carbons (Fsp3) is 0.100. The van der Waals surface area contributed by atoms with Gasteiger partial charge in [-0.05, 0) is 24.1 Å². The van der Waals surface area contributed by atoms with Gasteiger partial charge in [0.2, 0.25) is 10.0 Å². The molecule has 0 spiro atoms. The van der Waals surface area contributed by atoms with Crippen LogP contribution in [0.15, 0.2) is 83.8 Å².